The molecule has 0 aliphatic carbocycles. The summed E-state index contributed by atoms with van der Waals surface area (Å²) in [6.45, 7) is 0. The van der Waals surface area contributed by atoms with Crippen LogP contribution in [0.5, 0.6) is 0 Å². The molecule has 126 valence electrons. The van der Waals surface area contributed by atoms with Gasteiger partial charge in [0.1, 0.15) is 0 Å². The van der Waals surface area contributed by atoms with Crippen molar-refractivity contribution in [1.82, 2.24) is 30.0 Å². The molecule has 0 atom stereocenters. The summed E-state index contributed by atoms with van der Waals surface area (Å²) >= 11 is 0. The minimum atomic E-state index is -4.46. The molecule has 0 unspecified atom stereocenters. The van der Waals surface area contributed by atoms with Gasteiger partial charge in [-0.25, -0.2) is 0 Å². The summed E-state index contributed by atoms with van der Waals surface area (Å²) in [6.07, 6.45) is -1.58. The number of H-pyrrole nitrogens is 2. The number of rotatable bonds is 2. The molecule has 0 radical (unpaired) electrons. The number of alkyl halides is 3. The van der Waals surface area contributed by atoms with Crippen molar-refractivity contribution < 1.29 is 13.2 Å². The Morgan fingerprint density at radius 3 is 2.68 bits per heavy atom. The van der Waals surface area contributed by atoms with Crippen molar-refractivity contribution in [2.45, 2.75) is 6.18 Å². The predicted molar refractivity (Wildman–Crippen MR) is 81.6 cm³/mol. The molecule has 0 saturated carbocycles. The van der Waals surface area contributed by atoms with Crippen molar-refractivity contribution in [2.75, 3.05) is 0 Å². The molecule has 0 saturated heterocycles. The fraction of sp³-hybridized carbons (Fsp3) is 0.0667. The molecule has 0 amide bonds. The lowest BCUT2D eigenvalue weighted by molar-refractivity contribution is -0.137. The molecule has 0 bridgehead atoms. The molecule has 0 spiro atoms. The maximum atomic E-state index is 12.9. The number of hydrogen-bond donors (Lipinski definition) is 2. The van der Waals surface area contributed by atoms with Gasteiger partial charge in [-0.1, -0.05) is 12.1 Å². The van der Waals surface area contributed by atoms with Crippen LogP contribution >= 0.6 is 0 Å². The number of aromatic nitrogens is 6. The Labute approximate surface area is 137 Å². The first-order valence-electron chi connectivity index (χ1n) is 7.09. The number of fused-ring (bicyclic) bond motifs is 1. The lowest BCUT2D eigenvalue weighted by atomic mass is 10.1. The zero-order valence-electron chi connectivity index (χ0n) is 12.4. The summed E-state index contributed by atoms with van der Waals surface area (Å²) in [5.74, 6) is 0. The highest BCUT2D eigenvalue weighted by Gasteiger charge is 2.30. The molecule has 4 rings (SSSR count). The van der Waals surface area contributed by atoms with E-state index in [1.54, 1.807) is 6.07 Å². The molecule has 10 heteroatoms. The van der Waals surface area contributed by atoms with Crippen molar-refractivity contribution >= 4 is 5.65 Å². The molecule has 4 aromatic rings. The molecule has 0 fully saturated rings. The average Bonchev–Trinajstić information content (AvgIpc) is 3.24. The molecule has 25 heavy (non-hydrogen) atoms. The Hall–Kier alpha value is -3.43. The summed E-state index contributed by atoms with van der Waals surface area (Å²) in [7, 11) is 0. The Kier molecular flexibility index (Phi) is 3.20. The normalized spacial score (nSPS) is 12.0. The molecule has 2 N–H and O–H groups in total. The SMILES string of the molecule is O=c1c(-c2ccn[nH]2)nnc2c(-c3cccc(C(F)(F)F)c3)c[nH]n12. The van der Waals surface area contributed by atoms with Crippen LogP contribution in [-0.2, 0) is 6.18 Å². The minimum Gasteiger partial charge on any atom is -0.296 e. The Morgan fingerprint density at radius 2 is 1.96 bits per heavy atom. The van der Waals surface area contributed by atoms with Crippen molar-refractivity contribution in [3.05, 3.63) is 58.6 Å². The maximum Gasteiger partial charge on any atom is 0.416 e. The van der Waals surface area contributed by atoms with E-state index in [-0.39, 0.29) is 16.9 Å². The smallest absolute Gasteiger partial charge is 0.296 e. The van der Waals surface area contributed by atoms with Gasteiger partial charge in [-0.05, 0) is 23.8 Å². The van der Waals surface area contributed by atoms with E-state index in [1.165, 1.54) is 24.5 Å². The monoisotopic (exact) mass is 346 g/mol. The van der Waals surface area contributed by atoms with Gasteiger partial charge in [-0.2, -0.15) is 22.8 Å². The summed E-state index contributed by atoms with van der Waals surface area (Å²) in [4.78, 5) is 12.5. The number of nitrogens with zero attached hydrogens (tertiary/aromatic N) is 4. The fourth-order valence-electron chi connectivity index (χ4n) is 2.51. The lowest BCUT2D eigenvalue weighted by Crippen LogP contribution is -2.19. The minimum absolute atomic E-state index is 0.0486. The molecular formula is C15H9F3N6O. The highest BCUT2D eigenvalue weighted by atomic mass is 19.4. The number of aromatic amines is 2. The fourth-order valence-corrected chi connectivity index (χ4v) is 2.51. The topological polar surface area (TPSA) is 91.7 Å². The van der Waals surface area contributed by atoms with Crippen LogP contribution in [0.1, 0.15) is 5.56 Å². The zero-order chi connectivity index (χ0) is 17.6. The largest absolute Gasteiger partial charge is 0.416 e. The van der Waals surface area contributed by atoms with Gasteiger partial charge in [0.25, 0.3) is 0 Å². The second-order valence-electron chi connectivity index (χ2n) is 5.25. The maximum absolute atomic E-state index is 12.9. The quantitative estimate of drug-likeness (QED) is 0.583. The first-order chi connectivity index (χ1) is 11.9. The Morgan fingerprint density at radius 1 is 1.12 bits per heavy atom. The summed E-state index contributed by atoms with van der Waals surface area (Å²) < 4.78 is 39.8. The third-order valence-corrected chi connectivity index (χ3v) is 3.70. The third-order valence-electron chi connectivity index (χ3n) is 3.70. The molecule has 3 aromatic heterocycles. The van der Waals surface area contributed by atoms with Crippen LogP contribution in [-0.4, -0.2) is 30.0 Å². The van der Waals surface area contributed by atoms with Gasteiger partial charge in [-0.3, -0.25) is 15.0 Å². The van der Waals surface area contributed by atoms with E-state index < -0.39 is 17.3 Å². The van der Waals surface area contributed by atoms with Crippen LogP contribution in [0.3, 0.4) is 0 Å². The molecule has 7 nitrogen and oxygen atoms in total. The standard InChI is InChI=1S/C15H9F3N6O/c16-15(17,18)9-3-1-2-8(6-9)10-7-20-24-13(10)23-22-12(14(24)25)11-4-5-19-21-11/h1-7,20H,(H,19,21). The zero-order valence-corrected chi connectivity index (χ0v) is 12.4. The number of halogens is 3. The van der Waals surface area contributed by atoms with E-state index in [9.17, 15) is 18.0 Å². The molecule has 0 aliphatic heterocycles. The van der Waals surface area contributed by atoms with Gasteiger partial charge in [0.05, 0.1) is 11.3 Å². The highest BCUT2D eigenvalue weighted by molar-refractivity contribution is 5.77. The van der Waals surface area contributed by atoms with Gasteiger partial charge in [0, 0.05) is 18.0 Å². The van der Waals surface area contributed by atoms with E-state index in [4.69, 9.17) is 0 Å². The van der Waals surface area contributed by atoms with Gasteiger partial charge in [0.15, 0.2) is 11.3 Å². The first-order valence-corrected chi connectivity index (χ1v) is 7.09. The van der Waals surface area contributed by atoms with Gasteiger partial charge in [-0.15, -0.1) is 10.2 Å². The number of nitrogens with one attached hydrogen (secondary N) is 2. The second-order valence-corrected chi connectivity index (χ2v) is 5.25. The molecule has 0 aliphatic rings. The van der Waals surface area contributed by atoms with Crippen molar-refractivity contribution in [3.8, 4) is 22.5 Å². The van der Waals surface area contributed by atoms with Gasteiger partial charge >= 0.3 is 11.7 Å². The van der Waals surface area contributed by atoms with Crippen LogP contribution in [0.4, 0.5) is 13.2 Å². The van der Waals surface area contributed by atoms with E-state index >= 15 is 0 Å². The van der Waals surface area contributed by atoms with Crippen molar-refractivity contribution in [3.63, 3.8) is 0 Å². The van der Waals surface area contributed by atoms with Gasteiger partial charge < -0.3 is 0 Å². The first kappa shape index (κ1) is 15.1. The van der Waals surface area contributed by atoms with E-state index in [1.807, 2.05) is 0 Å². The molecular weight excluding hydrogens is 337 g/mol. The summed E-state index contributed by atoms with van der Waals surface area (Å²) in [5.41, 5.74) is -0.0909. The van der Waals surface area contributed by atoms with Crippen LogP contribution in [0, 0.1) is 0 Å². The van der Waals surface area contributed by atoms with E-state index in [2.05, 4.69) is 25.5 Å². The third kappa shape index (κ3) is 2.47. The highest BCUT2D eigenvalue weighted by Crippen LogP contribution is 2.32. The van der Waals surface area contributed by atoms with Crippen LogP contribution < -0.4 is 5.56 Å². The second kappa shape index (κ2) is 5.30. The van der Waals surface area contributed by atoms with Crippen LogP contribution in [0.25, 0.3) is 28.2 Å². The predicted octanol–water partition coefficient (Wildman–Crippen LogP) is 2.49. The summed E-state index contributed by atoms with van der Waals surface area (Å²) in [5, 5.41) is 16.9. The van der Waals surface area contributed by atoms with Crippen molar-refractivity contribution in [1.29, 1.82) is 0 Å². The Balaban J connectivity index is 1.88. The van der Waals surface area contributed by atoms with Crippen LogP contribution in [0.2, 0.25) is 0 Å². The average molecular weight is 346 g/mol. The number of hydrogen-bond acceptors (Lipinski definition) is 4. The van der Waals surface area contributed by atoms with Gasteiger partial charge in [0.2, 0.25) is 0 Å². The summed E-state index contributed by atoms with van der Waals surface area (Å²) in [6, 6.07) is 6.35. The van der Waals surface area contributed by atoms with Crippen LogP contribution in [0.15, 0.2) is 47.5 Å². The number of benzene rings is 1. The molecule has 1 aromatic carbocycles. The molecule has 3 heterocycles. The Bertz CT molecular complexity index is 1110. The van der Waals surface area contributed by atoms with E-state index in [0.29, 0.717) is 11.3 Å². The van der Waals surface area contributed by atoms with E-state index in [0.717, 1.165) is 16.6 Å². The lowest BCUT2D eigenvalue weighted by Gasteiger charge is -2.07. The van der Waals surface area contributed by atoms with Crippen molar-refractivity contribution in [2.24, 2.45) is 0 Å².